The first kappa shape index (κ1) is 19.3. The van der Waals surface area contributed by atoms with Crippen LogP contribution in [-0.2, 0) is 16.1 Å². The van der Waals surface area contributed by atoms with E-state index < -0.39 is 0 Å². The van der Waals surface area contributed by atoms with Gasteiger partial charge in [0, 0.05) is 38.1 Å². The van der Waals surface area contributed by atoms with Gasteiger partial charge in [0.2, 0.25) is 0 Å². The maximum atomic E-state index is 12.1. The summed E-state index contributed by atoms with van der Waals surface area (Å²) in [6.07, 6.45) is 3.70. The molecule has 6 heteroatoms. The Hall–Kier alpha value is -2.44. The lowest BCUT2D eigenvalue weighted by molar-refractivity contribution is -0.137. The highest BCUT2D eigenvalue weighted by Gasteiger charge is 2.17. The van der Waals surface area contributed by atoms with Gasteiger partial charge in [0.1, 0.15) is 5.75 Å². The summed E-state index contributed by atoms with van der Waals surface area (Å²) >= 11 is 0. The third-order valence-corrected chi connectivity index (χ3v) is 4.91. The second-order valence-corrected chi connectivity index (χ2v) is 6.80. The molecule has 1 atom stereocenters. The molecule has 1 unspecified atom stereocenters. The number of amides is 1. The zero-order valence-corrected chi connectivity index (χ0v) is 16.0. The second-order valence-electron chi connectivity index (χ2n) is 6.80. The van der Waals surface area contributed by atoms with Crippen LogP contribution in [0, 0.1) is 0 Å². The van der Waals surface area contributed by atoms with Gasteiger partial charge in [-0.05, 0) is 43.3 Å². The number of carbonyl (C=O) groups excluding carboxylic acids is 1. The zero-order valence-electron chi connectivity index (χ0n) is 16.0. The Balaban J connectivity index is 1.48. The average Bonchev–Trinajstić information content (AvgIpc) is 2.73. The van der Waals surface area contributed by atoms with E-state index in [-0.39, 0.29) is 18.6 Å². The molecular formula is C21H27N3O3. The minimum absolute atomic E-state index is 0.00686. The topological polar surface area (TPSA) is 54.9 Å². The van der Waals surface area contributed by atoms with Gasteiger partial charge < -0.3 is 14.4 Å². The molecule has 1 aromatic heterocycles. The van der Waals surface area contributed by atoms with Gasteiger partial charge in [0.05, 0.1) is 13.2 Å². The maximum absolute atomic E-state index is 12.1. The lowest BCUT2D eigenvalue weighted by Crippen LogP contribution is -2.42. The van der Waals surface area contributed by atoms with E-state index in [1.165, 1.54) is 11.1 Å². The summed E-state index contributed by atoms with van der Waals surface area (Å²) in [4.78, 5) is 20.4. The Labute approximate surface area is 160 Å². The third kappa shape index (κ3) is 5.52. The van der Waals surface area contributed by atoms with Gasteiger partial charge in [-0.25, -0.2) is 0 Å². The molecule has 0 aliphatic carbocycles. The van der Waals surface area contributed by atoms with Gasteiger partial charge in [-0.15, -0.1) is 0 Å². The van der Waals surface area contributed by atoms with E-state index in [1.54, 1.807) is 11.1 Å². The fourth-order valence-electron chi connectivity index (χ4n) is 3.04. The molecule has 6 nitrogen and oxygen atoms in total. The SMILES string of the molecule is CC(c1cccnc1)N(C)Cc1ccc(OCC(=O)N2CCOCC2)cc1. The van der Waals surface area contributed by atoms with E-state index in [9.17, 15) is 4.79 Å². The maximum Gasteiger partial charge on any atom is 0.260 e. The van der Waals surface area contributed by atoms with Gasteiger partial charge in [-0.2, -0.15) is 0 Å². The molecule has 0 saturated carbocycles. The quantitative estimate of drug-likeness (QED) is 0.751. The molecule has 0 spiro atoms. The summed E-state index contributed by atoms with van der Waals surface area (Å²) < 4.78 is 10.9. The normalized spacial score (nSPS) is 15.6. The number of benzene rings is 1. The number of ether oxygens (including phenoxy) is 2. The van der Waals surface area contributed by atoms with E-state index >= 15 is 0 Å². The third-order valence-electron chi connectivity index (χ3n) is 4.91. The number of hydrogen-bond donors (Lipinski definition) is 0. The van der Waals surface area contributed by atoms with Gasteiger partial charge >= 0.3 is 0 Å². The van der Waals surface area contributed by atoms with Crippen molar-refractivity contribution in [1.29, 1.82) is 0 Å². The summed E-state index contributed by atoms with van der Waals surface area (Å²) in [6.45, 7) is 5.55. The van der Waals surface area contributed by atoms with E-state index in [2.05, 4.69) is 29.9 Å². The van der Waals surface area contributed by atoms with Crippen LogP contribution in [0.4, 0.5) is 0 Å². The molecule has 1 aliphatic heterocycles. The van der Waals surface area contributed by atoms with Gasteiger partial charge in [-0.1, -0.05) is 18.2 Å². The average molecular weight is 369 g/mol. The Morgan fingerprint density at radius 2 is 2.00 bits per heavy atom. The van der Waals surface area contributed by atoms with Gasteiger partial charge in [0.25, 0.3) is 5.91 Å². The van der Waals surface area contributed by atoms with Crippen molar-refractivity contribution in [1.82, 2.24) is 14.8 Å². The molecule has 1 fully saturated rings. The molecule has 3 rings (SSSR count). The molecular weight excluding hydrogens is 342 g/mol. The summed E-state index contributed by atoms with van der Waals surface area (Å²) in [5.41, 5.74) is 2.39. The first-order valence-corrected chi connectivity index (χ1v) is 9.31. The molecule has 0 bridgehead atoms. The smallest absolute Gasteiger partial charge is 0.260 e. The van der Waals surface area contributed by atoms with Crippen molar-refractivity contribution in [2.24, 2.45) is 0 Å². The Bertz CT molecular complexity index is 715. The number of rotatable bonds is 7. The van der Waals surface area contributed by atoms with Crippen LogP contribution in [0.15, 0.2) is 48.8 Å². The summed E-state index contributed by atoms with van der Waals surface area (Å²) in [5, 5.41) is 0. The number of morpholine rings is 1. The Morgan fingerprint density at radius 1 is 1.26 bits per heavy atom. The monoisotopic (exact) mass is 369 g/mol. The van der Waals surface area contributed by atoms with Crippen molar-refractivity contribution in [3.05, 3.63) is 59.9 Å². The molecule has 144 valence electrons. The molecule has 2 aromatic rings. The molecule has 0 radical (unpaired) electrons. The summed E-state index contributed by atoms with van der Waals surface area (Å²) in [5.74, 6) is 0.718. The molecule has 1 saturated heterocycles. The zero-order chi connectivity index (χ0) is 19.1. The van der Waals surface area contributed by atoms with Crippen LogP contribution < -0.4 is 4.74 Å². The fourth-order valence-corrected chi connectivity index (χ4v) is 3.04. The van der Waals surface area contributed by atoms with Crippen molar-refractivity contribution in [2.75, 3.05) is 40.0 Å². The lowest BCUT2D eigenvalue weighted by Gasteiger charge is -2.26. The Morgan fingerprint density at radius 3 is 2.67 bits per heavy atom. The number of hydrogen-bond acceptors (Lipinski definition) is 5. The largest absolute Gasteiger partial charge is 0.484 e. The van der Waals surface area contributed by atoms with Crippen LogP contribution in [0.1, 0.15) is 24.1 Å². The minimum atomic E-state index is 0.00686. The summed E-state index contributed by atoms with van der Waals surface area (Å²) in [7, 11) is 2.10. The molecule has 1 aliphatic rings. The van der Waals surface area contributed by atoms with Gasteiger partial charge in [0.15, 0.2) is 6.61 Å². The highest BCUT2D eigenvalue weighted by atomic mass is 16.5. The molecule has 0 N–H and O–H groups in total. The highest BCUT2D eigenvalue weighted by molar-refractivity contribution is 5.77. The van der Waals surface area contributed by atoms with Crippen molar-refractivity contribution >= 4 is 5.91 Å². The van der Waals surface area contributed by atoms with E-state index in [4.69, 9.17) is 9.47 Å². The van der Waals surface area contributed by atoms with Crippen molar-refractivity contribution in [2.45, 2.75) is 19.5 Å². The van der Waals surface area contributed by atoms with Crippen LogP contribution in [0.3, 0.4) is 0 Å². The van der Waals surface area contributed by atoms with Crippen LogP contribution in [-0.4, -0.2) is 60.6 Å². The number of carbonyl (C=O) groups is 1. The van der Waals surface area contributed by atoms with E-state index in [0.29, 0.717) is 32.1 Å². The molecule has 1 aromatic carbocycles. The van der Waals surface area contributed by atoms with Crippen LogP contribution in [0.25, 0.3) is 0 Å². The molecule has 1 amide bonds. The van der Waals surface area contributed by atoms with Gasteiger partial charge in [-0.3, -0.25) is 14.7 Å². The number of aromatic nitrogens is 1. The molecule has 2 heterocycles. The predicted molar refractivity (Wildman–Crippen MR) is 103 cm³/mol. The predicted octanol–water partition coefficient (Wildman–Crippen LogP) is 2.51. The highest BCUT2D eigenvalue weighted by Crippen LogP contribution is 2.21. The van der Waals surface area contributed by atoms with Crippen molar-refractivity contribution < 1.29 is 14.3 Å². The van der Waals surface area contributed by atoms with Crippen LogP contribution in [0.2, 0.25) is 0 Å². The second kappa shape index (κ2) is 9.48. The van der Waals surface area contributed by atoms with E-state index in [0.717, 1.165) is 6.54 Å². The first-order chi connectivity index (χ1) is 13.1. The van der Waals surface area contributed by atoms with Crippen LogP contribution >= 0.6 is 0 Å². The van der Waals surface area contributed by atoms with Crippen molar-refractivity contribution in [3.8, 4) is 5.75 Å². The number of pyridine rings is 1. The van der Waals surface area contributed by atoms with Crippen LogP contribution in [0.5, 0.6) is 5.75 Å². The summed E-state index contributed by atoms with van der Waals surface area (Å²) in [6, 6.07) is 12.3. The fraction of sp³-hybridized carbons (Fsp3) is 0.429. The lowest BCUT2D eigenvalue weighted by atomic mass is 10.1. The molecule has 27 heavy (non-hydrogen) atoms. The van der Waals surface area contributed by atoms with E-state index in [1.807, 2.05) is 36.5 Å². The number of nitrogens with zero attached hydrogens (tertiary/aromatic N) is 3. The Kier molecular flexibility index (Phi) is 6.79. The first-order valence-electron chi connectivity index (χ1n) is 9.31. The van der Waals surface area contributed by atoms with Crippen molar-refractivity contribution in [3.63, 3.8) is 0 Å². The minimum Gasteiger partial charge on any atom is -0.484 e. The standard InChI is InChI=1S/C21H27N3O3/c1-17(19-4-3-9-22-14-19)23(2)15-18-5-7-20(8-6-18)27-16-21(25)24-10-12-26-13-11-24/h3-9,14,17H,10-13,15-16H2,1-2H3.